The van der Waals surface area contributed by atoms with Crippen LogP contribution in [0.2, 0.25) is 0 Å². The first-order chi connectivity index (χ1) is 10.9. The SMILES string of the molecule is CC1CCC2(CC1)NC(=O)N(CN(C)Cc1cc(Br)cs1)C2=O. The fourth-order valence-corrected chi connectivity index (χ4v) is 4.92. The highest BCUT2D eigenvalue weighted by atomic mass is 79.9. The Bertz CT molecular complexity index is 610. The van der Waals surface area contributed by atoms with Crippen molar-refractivity contribution in [2.75, 3.05) is 13.7 Å². The molecular weight excluding hydrogens is 378 g/mol. The van der Waals surface area contributed by atoms with Crippen LogP contribution in [0.1, 0.15) is 37.5 Å². The Hall–Kier alpha value is -0.920. The zero-order valence-electron chi connectivity index (χ0n) is 13.5. The molecule has 5 nitrogen and oxygen atoms in total. The number of nitrogens with one attached hydrogen (secondary N) is 1. The van der Waals surface area contributed by atoms with Gasteiger partial charge in [0.05, 0.1) is 6.67 Å². The molecule has 3 rings (SSSR count). The van der Waals surface area contributed by atoms with Gasteiger partial charge >= 0.3 is 6.03 Å². The van der Waals surface area contributed by atoms with Crippen LogP contribution in [-0.2, 0) is 11.3 Å². The lowest BCUT2D eigenvalue weighted by Gasteiger charge is -2.33. The Balaban J connectivity index is 1.63. The molecule has 1 N–H and O–H groups in total. The Labute approximate surface area is 149 Å². The van der Waals surface area contributed by atoms with E-state index in [1.54, 1.807) is 11.3 Å². The number of urea groups is 1. The van der Waals surface area contributed by atoms with Crippen molar-refractivity contribution < 1.29 is 9.59 Å². The lowest BCUT2D eigenvalue weighted by Crippen LogP contribution is -2.49. The number of rotatable bonds is 4. The second-order valence-electron chi connectivity index (χ2n) is 6.81. The van der Waals surface area contributed by atoms with Gasteiger partial charge in [0.25, 0.3) is 5.91 Å². The zero-order valence-corrected chi connectivity index (χ0v) is 15.9. The van der Waals surface area contributed by atoms with Crippen LogP contribution in [0.15, 0.2) is 15.9 Å². The van der Waals surface area contributed by atoms with Gasteiger partial charge in [-0.2, -0.15) is 0 Å². The van der Waals surface area contributed by atoms with Gasteiger partial charge in [-0.1, -0.05) is 6.92 Å². The van der Waals surface area contributed by atoms with Gasteiger partial charge in [0.15, 0.2) is 0 Å². The highest BCUT2D eigenvalue weighted by molar-refractivity contribution is 9.10. The van der Waals surface area contributed by atoms with Crippen LogP contribution in [0.3, 0.4) is 0 Å². The number of nitrogens with zero attached hydrogens (tertiary/aromatic N) is 2. The Morgan fingerprint density at radius 3 is 2.74 bits per heavy atom. The van der Waals surface area contributed by atoms with Crippen molar-refractivity contribution in [3.8, 4) is 0 Å². The normalized spacial score (nSPS) is 28.0. The summed E-state index contributed by atoms with van der Waals surface area (Å²) in [6.45, 7) is 3.26. The average Bonchev–Trinajstić information content (AvgIpc) is 3.00. The smallest absolute Gasteiger partial charge is 0.323 e. The predicted molar refractivity (Wildman–Crippen MR) is 94.1 cm³/mol. The van der Waals surface area contributed by atoms with Gasteiger partial charge < -0.3 is 5.32 Å². The first-order valence-corrected chi connectivity index (χ1v) is 9.62. The molecule has 3 amide bonds. The summed E-state index contributed by atoms with van der Waals surface area (Å²) in [5.41, 5.74) is -0.642. The van der Waals surface area contributed by atoms with E-state index in [0.717, 1.165) is 36.7 Å². The standard InChI is InChI=1S/C16H22BrN3O2S/c1-11-3-5-16(6-4-11)14(21)20(15(22)18-16)10-19(2)8-13-7-12(17)9-23-13/h7,9,11H,3-6,8,10H2,1-2H3,(H,18,22). The third kappa shape index (κ3) is 3.46. The van der Waals surface area contributed by atoms with Crippen molar-refractivity contribution in [3.05, 3.63) is 20.8 Å². The van der Waals surface area contributed by atoms with Gasteiger partial charge in [-0.25, -0.2) is 9.69 Å². The molecule has 0 atom stereocenters. The average molecular weight is 400 g/mol. The molecule has 1 saturated carbocycles. The lowest BCUT2D eigenvalue weighted by atomic mass is 9.77. The minimum atomic E-state index is -0.642. The number of imide groups is 1. The summed E-state index contributed by atoms with van der Waals surface area (Å²) in [6, 6.07) is 1.82. The minimum absolute atomic E-state index is 0.0476. The van der Waals surface area contributed by atoms with Gasteiger partial charge in [-0.15, -0.1) is 11.3 Å². The summed E-state index contributed by atoms with van der Waals surface area (Å²) in [7, 11) is 1.93. The molecule has 1 spiro atoms. The van der Waals surface area contributed by atoms with Crippen molar-refractivity contribution in [2.24, 2.45) is 5.92 Å². The topological polar surface area (TPSA) is 52.7 Å². The second-order valence-corrected chi connectivity index (χ2v) is 8.73. The number of hydrogen-bond acceptors (Lipinski definition) is 4. The van der Waals surface area contributed by atoms with E-state index in [1.807, 2.05) is 17.3 Å². The molecule has 1 aromatic rings. The molecule has 0 radical (unpaired) electrons. The quantitative estimate of drug-likeness (QED) is 0.789. The van der Waals surface area contributed by atoms with E-state index in [4.69, 9.17) is 0 Å². The van der Waals surface area contributed by atoms with Crippen molar-refractivity contribution in [3.63, 3.8) is 0 Å². The predicted octanol–water partition coefficient (Wildman–Crippen LogP) is 3.40. The van der Waals surface area contributed by atoms with Gasteiger partial charge in [0.1, 0.15) is 5.54 Å². The molecule has 1 aliphatic carbocycles. The molecule has 1 saturated heterocycles. The van der Waals surface area contributed by atoms with Crippen LogP contribution in [0.25, 0.3) is 0 Å². The summed E-state index contributed by atoms with van der Waals surface area (Å²) in [6.07, 6.45) is 3.52. The molecule has 1 aliphatic heterocycles. The van der Waals surface area contributed by atoms with Crippen molar-refractivity contribution in [2.45, 2.75) is 44.7 Å². The number of carbonyl (C=O) groups excluding carboxylic acids is 2. The molecular formula is C16H22BrN3O2S. The zero-order chi connectivity index (χ0) is 16.6. The first-order valence-electron chi connectivity index (χ1n) is 7.95. The van der Waals surface area contributed by atoms with Crippen LogP contribution < -0.4 is 5.32 Å². The first kappa shape index (κ1) is 16.9. The molecule has 0 unspecified atom stereocenters. The number of carbonyl (C=O) groups is 2. The Morgan fingerprint density at radius 2 is 2.13 bits per heavy atom. The van der Waals surface area contributed by atoms with E-state index in [9.17, 15) is 9.59 Å². The number of amides is 3. The number of hydrogen-bond donors (Lipinski definition) is 1. The van der Waals surface area contributed by atoms with E-state index >= 15 is 0 Å². The van der Waals surface area contributed by atoms with E-state index in [2.05, 4.69) is 34.2 Å². The molecule has 2 aliphatic rings. The van der Waals surface area contributed by atoms with Crippen molar-refractivity contribution in [1.29, 1.82) is 0 Å². The lowest BCUT2D eigenvalue weighted by molar-refractivity contribution is -0.134. The van der Waals surface area contributed by atoms with Gasteiger partial charge in [-0.3, -0.25) is 9.69 Å². The maximum absolute atomic E-state index is 12.8. The fraction of sp³-hybridized carbons (Fsp3) is 0.625. The summed E-state index contributed by atoms with van der Waals surface area (Å²) in [4.78, 5) is 29.7. The van der Waals surface area contributed by atoms with Crippen LogP contribution in [0.4, 0.5) is 4.79 Å². The van der Waals surface area contributed by atoms with Gasteiger partial charge in [-0.05, 0) is 60.6 Å². The third-order valence-electron chi connectivity index (χ3n) is 4.80. The van der Waals surface area contributed by atoms with E-state index in [0.29, 0.717) is 12.6 Å². The van der Waals surface area contributed by atoms with E-state index < -0.39 is 5.54 Å². The maximum atomic E-state index is 12.8. The minimum Gasteiger partial charge on any atom is -0.323 e. The maximum Gasteiger partial charge on any atom is 0.326 e. The Morgan fingerprint density at radius 1 is 1.43 bits per heavy atom. The van der Waals surface area contributed by atoms with Crippen LogP contribution >= 0.6 is 27.3 Å². The molecule has 0 bridgehead atoms. The van der Waals surface area contributed by atoms with Gasteiger partial charge in [0, 0.05) is 21.3 Å². The van der Waals surface area contributed by atoms with Crippen molar-refractivity contribution >= 4 is 39.2 Å². The largest absolute Gasteiger partial charge is 0.326 e. The second kappa shape index (κ2) is 6.53. The highest BCUT2D eigenvalue weighted by Crippen LogP contribution is 2.36. The van der Waals surface area contributed by atoms with Crippen LogP contribution in [-0.4, -0.2) is 41.0 Å². The molecule has 126 valence electrons. The molecule has 0 aromatic carbocycles. The van der Waals surface area contributed by atoms with Crippen LogP contribution in [0.5, 0.6) is 0 Å². The number of halogens is 1. The number of thiophene rings is 1. The highest BCUT2D eigenvalue weighted by Gasteiger charge is 2.52. The summed E-state index contributed by atoms with van der Waals surface area (Å²) in [5.74, 6) is 0.591. The molecule has 7 heteroatoms. The molecule has 2 heterocycles. The molecule has 2 fully saturated rings. The molecule has 1 aromatic heterocycles. The Kier molecular flexibility index (Phi) is 4.80. The molecule has 23 heavy (non-hydrogen) atoms. The fourth-order valence-electron chi connectivity index (χ4n) is 3.39. The van der Waals surface area contributed by atoms with Crippen LogP contribution in [0, 0.1) is 5.92 Å². The summed E-state index contributed by atoms with van der Waals surface area (Å²) < 4.78 is 1.07. The summed E-state index contributed by atoms with van der Waals surface area (Å²) >= 11 is 5.11. The van der Waals surface area contributed by atoms with Crippen molar-refractivity contribution in [1.82, 2.24) is 15.1 Å². The summed E-state index contributed by atoms with van der Waals surface area (Å²) in [5, 5.41) is 5.01. The van der Waals surface area contributed by atoms with Gasteiger partial charge in [0.2, 0.25) is 0 Å². The van der Waals surface area contributed by atoms with E-state index in [-0.39, 0.29) is 11.9 Å². The monoisotopic (exact) mass is 399 g/mol. The van der Waals surface area contributed by atoms with E-state index in [1.165, 1.54) is 9.78 Å². The third-order valence-corrected chi connectivity index (χ3v) is 6.49.